The van der Waals surface area contributed by atoms with E-state index in [1.807, 2.05) is 20.8 Å². The van der Waals surface area contributed by atoms with E-state index in [4.69, 9.17) is 9.84 Å². The molecule has 0 radical (unpaired) electrons. The molecule has 108 valence electrons. The second-order valence-electron chi connectivity index (χ2n) is 5.61. The number of aliphatic hydroxyl groups excluding tert-OH is 1. The molecule has 4 heteroatoms. The highest BCUT2D eigenvalue weighted by Gasteiger charge is 2.21. The minimum Gasteiger partial charge on any atom is -0.444 e. The molecule has 0 saturated carbocycles. The summed E-state index contributed by atoms with van der Waals surface area (Å²) in [5.41, 5.74) is -0.479. The predicted octanol–water partition coefficient (Wildman–Crippen LogP) is 3.19. The minimum atomic E-state index is -0.479. The Labute approximate surface area is 111 Å². The first-order valence-corrected chi connectivity index (χ1v) is 6.99. The van der Waals surface area contributed by atoms with Gasteiger partial charge in [-0.1, -0.05) is 32.6 Å². The fourth-order valence-electron chi connectivity index (χ4n) is 1.65. The zero-order valence-electron chi connectivity index (χ0n) is 12.4. The molecule has 0 aromatic heterocycles. The molecule has 0 heterocycles. The zero-order valence-corrected chi connectivity index (χ0v) is 12.4. The minimum absolute atomic E-state index is 0.0196. The van der Waals surface area contributed by atoms with E-state index in [1.54, 1.807) is 4.90 Å². The molecule has 1 amide bonds. The van der Waals surface area contributed by atoms with Crippen molar-refractivity contribution in [2.45, 2.75) is 65.4 Å². The second-order valence-corrected chi connectivity index (χ2v) is 5.61. The van der Waals surface area contributed by atoms with Gasteiger partial charge in [-0.05, 0) is 27.2 Å². The van der Waals surface area contributed by atoms with Crippen LogP contribution in [0.5, 0.6) is 0 Å². The van der Waals surface area contributed by atoms with Gasteiger partial charge in [-0.3, -0.25) is 0 Å². The standard InChI is InChI=1S/C14H29NO3/c1-5-6-7-8-9-10-15(11-12-16)13(17)18-14(2,3)4/h16H,5-12H2,1-4H3. The number of rotatable bonds is 8. The molecule has 0 saturated heterocycles. The molecule has 0 rings (SSSR count). The summed E-state index contributed by atoms with van der Waals surface area (Å²) in [6.45, 7) is 8.73. The summed E-state index contributed by atoms with van der Waals surface area (Å²) in [5, 5.41) is 8.98. The Morgan fingerprint density at radius 2 is 1.72 bits per heavy atom. The molecule has 0 unspecified atom stereocenters. The van der Waals surface area contributed by atoms with Gasteiger partial charge in [-0.15, -0.1) is 0 Å². The number of unbranched alkanes of at least 4 members (excludes halogenated alkanes) is 4. The lowest BCUT2D eigenvalue weighted by Crippen LogP contribution is -2.39. The van der Waals surface area contributed by atoms with Gasteiger partial charge >= 0.3 is 6.09 Å². The van der Waals surface area contributed by atoms with Crippen molar-refractivity contribution in [1.82, 2.24) is 4.90 Å². The van der Waals surface area contributed by atoms with E-state index >= 15 is 0 Å². The van der Waals surface area contributed by atoms with E-state index in [2.05, 4.69) is 6.92 Å². The van der Waals surface area contributed by atoms with E-state index in [0.29, 0.717) is 13.1 Å². The smallest absolute Gasteiger partial charge is 0.410 e. The normalized spacial score (nSPS) is 11.4. The average molecular weight is 259 g/mol. The van der Waals surface area contributed by atoms with Crippen LogP contribution in [0, 0.1) is 0 Å². The Morgan fingerprint density at radius 3 is 2.22 bits per heavy atom. The largest absolute Gasteiger partial charge is 0.444 e. The number of carbonyl (C=O) groups is 1. The van der Waals surface area contributed by atoms with Gasteiger partial charge in [-0.25, -0.2) is 4.79 Å². The van der Waals surface area contributed by atoms with E-state index in [0.717, 1.165) is 12.8 Å². The molecule has 4 nitrogen and oxygen atoms in total. The Morgan fingerprint density at radius 1 is 1.11 bits per heavy atom. The van der Waals surface area contributed by atoms with Crippen molar-refractivity contribution in [2.75, 3.05) is 19.7 Å². The van der Waals surface area contributed by atoms with Crippen LogP contribution >= 0.6 is 0 Å². The molecule has 0 bridgehead atoms. The zero-order chi connectivity index (χ0) is 14.0. The lowest BCUT2D eigenvalue weighted by Gasteiger charge is -2.27. The number of ether oxygens (including phenoxy) is 1. The number of hydrogen-bond donors (Lipinski definition) is 1. The highest BCUT2D eigenvalue weighted by atomic mass is 16.6. The summed E-state index contributed by atoms with van der Waals surface area (Å²) in [4.78, 5) is 13.5. The van der Waals surface area contributed by atoms with Crippen molar-refractivity contribution < 1.29 is 14.6 Å². The maximum atomic E-state index is 11.9. The molecule has 0 aliphatic carbocycles. The van der Waals surface area contributed by atoms with E-state index in [1.165, 1.54) is 19.3 Å². The fourth-order valence-corrected chi connectivity index (χ4v) is 1.65. The highest BCUT2D eigenvalue weighted by molar-refractivity contribution is 5.68. The van der Waals surface area contributed by atoms with Crippen molar-refractivity contribution >= 4 is 6.09 Å². The molecule has 1 N–H and O–H groups in total. The molecule has 0 aromatic carbocycles. The number of amides is 1. The topological polar surface area (TPSA) is 49.8 Å². The maximum Gasteiger partial charge on any atom is 0.410 e. The molecule has 0 aromatic rings. The van der Waals surface area contributed by atoms with E-state index in [9.17, 15) is 4.79 Å². The van der Waals surface area contributed by atoms with E-state index < -0.39 is 5.60 Å². The second kappa shape index (κ2) is 9.20. The van der Waals surface area contributed by atoms with Crippen LogP contribution in [0.2, 0.25) is 0 Å². The number of hydrogen-bond acceptors (Lipinski definition) is 3. The predicted molar refractivity (Wildman–Crippen MR) is 73.7 cm³/mol. The maximum absolute atomic E-state index is 11.9. The summed E-state index contributed by atoms with van der Waals surface area (Å²) >= 11 is 0. The van der Waals surface area contributed by atoms with Crippen molar-refractivity contribution in [3.05, 3.63) is 0 Å². The Bertz CT molecular complexity index is 224. The van der Waals surface area contributed by atoms with Crippen LogP contribution in [0.15, 0.2) is 0 Å². The Kier molecular flexibility index (Phi) is 8.81. The van der Waals surface area contributed by atoms with Crippen molar-refractivity contribution in [3.63, 3.8) is 0 Å². The first kappa shape index (κ1) is 17.2. The lowest BCUT2D eigenvalue weighted by atomic mass is 10.1. The quantitative estimate of drug-likeness (QED) is 0.681. The van der Waals surface area contributed by atoms with Gasteiger partial charge in [0.1, 0.15) is 5.60 Å². The van der Waals surface area contributed by atoms with Crippen LogP contribution in [-0.2, 0) is 4.74 Å². The third kappa shape index (κ3) is 9.28. The monoisotopic (exact) mass is 259 g/mol. The van der Waals surface area contributed by atoms with Gasteiger partial charge < -0.3 is 14.7 Å². The summed E-state index contributed by atoms with van der Waals surface area (Å²) < 4.78 is 5.31. The first-order chi connectivity index (χ1) is 8.40. The van der Waals surface area contributed by atoms with Gasteiger partial charge in [-0.2, -0.15) is 0 Å². The van der Waals surface area contributed by atoms with Crippen molar-refractivity contribution in [1.29, 1.82) is 0 Å². The van der Waals surface area contributed by atoms with Crippen molar-refractivity contribution in [2.24, 2.45) is 0 Å². The number of aliphatic hydroxyl groups is 1. The van der Waals surface area contributed by atoms with Crippen LogP contribution in [-0.4, -0.2) is 41.4 Å². The highest BCUT2D eigenvalue weighted by Crippen LogP contribution is 2.11. The third-order valence-electron chi connectivity index (χ3n) is 2.55. The van der Waals surface area contributed by atoms with Gasteiger partial charge in [0.2, 0.25) is 0 Å². The van der Waals surface area contributed by atoms with Gasteiger partial charge in [0, 0.05) is 13.1 Å². The van der Waals surface area contributed by atoms with Gasteiger partial charge in [0.15, 0.2) is 0 Å². The molecular formula is C14H29NO3. The summed E-state index contributed by atoms with van der Waals surface area (Å²) in [7, 11) is 0. The molecule has 0 fully saturated rings. The summed E-state index contributed by atoms with van der Waals surface area (Å²) in [6.07, 6.45) is 5.43. The number of carbonyl (C=O) groups excluding carboxylic acids is 1. The molecule has 0 aliphatic rings. The van der Waals surface area contributed by atoms with Crippen LogP contribution < -0.4 is 0 Å². The lowest BCUT2D eigenvalue weighted by molar-refractivity contribution is 0.0215. The van der Waals surface area contributed by atoms with Crippen LogP contribution in [0.3, 0.4) is 0 Å². The first-order valence-electron chi connectivity index (χ1n) is 6.99. The Balaban J connectivity index is 4.01. The molecule has 18 heavy (non-hydrogen) atoms. The summed E-state index contributed by atoms with van der Waals surface area (Å²) in [5.74, 6) is 0. The Hall–Kier alpha value is -0.770. The molecular weight excluding hydrogens is 230 g/mol. The molecule has 0 atom stereocenters. The fraction of sp³-hybridized carbons (Fsp3) is 0.929. The molecule has 0 spiro atoms. The SMILES string of the molecule is CCCCCCCN(CCO)C(=O)OC(C)(C)C. The van der Waals surface area contributed by atoms with Crippen LogP contribution in [0.25, 0.3) is 0 Å². The molecule has 0 aliphatic heterocycles. The third-order valence-corrected chi connectivity index (χ3v) is 2.55. The average Bonchev–Trinajstić information content (AvgIpc) is 2.25. The van der Waals surface area contributed by atoms with Crippen LogP contribution in [0.4, 0.5) is 4.79 Å². The van der Waals surface area contributed by atoms with Gasteiger partial charge in [0.05, 0.1) is 6.61 Å². The van der Waals surface area contributed by atoms with E-state index in [-0.39, 0.29) is 12.7 Å². The van der Waals surface area contributed by atoms with Gasteiger partial charge in [0.25, 0.3) is 0 Å². The summed E-state index contributed by atoms with van der Waals surface area (Å²) in [6, 6.07) is 0. The van der Waals surface area contributed by atoms with Crippen LogP contribution in [0.1, 0.15) is 59.8 Å². The van der Waals surface area contributed by atoms with Crippen molar-refractivity contribution in [3.8, 4) is 0 Å². The number of nitrogens with zero attached hydrogens (tertiary/aromatic N) is 1.